The van der Waals surface area contributed by atoms with Gasteiger partial charge in [0, 0.05) is 12.1 Å². The second-order valence-electron chi connectivity index (χ2n) is 5.57. The highest BCUT2D eigenvalue weighted by atomic mass is 32.1. The molecule has 1 aromatic rings. The molecule has 0 unspecified atom stereocenters. The molecule has 0 radical (unpaired) electrons. The highest BCUT2D eigenvalue weighted by molar-refractivity contribution is 7.13. The first-order chi connectivity index (χ1) is 9.63. The maximum absolute atomic E-state index is 11.7. The van der Waals surface area contributed by atoms with Crippen LogP contribution >= 0.6 is 11.3 Å². The number of carboxylic acid groups (broad SMARTS) is 1. The first kappa shape index (κ1) is 17.4. The third-order valence-corrected chi connectivity index (χ3v) is 4.47. The summed E-state index contributed by atoms with van der Waals surface area (Å²) in [5.41, 5.74) is 0.324. The fraction of sp³-hybridized carbons (Fsp3) is 0.615. The number of thiazole rings is 1. The summed E-state index contributed by atoms with van der Waals surface area (Å²) in [5, 5.41) is 15.0. The molecule has 2 amide bonds. The Kier molecular flexibility index (Phi) is 5.68. The molecule has 0 aliphatic carbocycles. The molecule has 8 heteroatoms. The lowest BCUT2D eigenvalue weighted by molar-refractivity contribution is 0.0701. The molecule has 1 rings (SSSR count). The van der Waals surface area contributed by atoms with E-state index in [2.05, 4.69) is 15.6 Å². The Hall–Kier alpha value is -1.67. The van der Waals surface area contributed by atoms with Crippen molar-refractivity contribution in [3.63, 3.8) is 0 Å². The van der Waals surface area contributed by atoms with E-state index in [-0.39, 0.29) is 23.0 Å². The van der Waals surface area contributed by atoms with E-state index >= 15 is 0 Å². The van der Waals surface area contributed by atoms with Crippen LogP contribution in [0.3, 0.4) is 0 Å². The molecule has 7 nitrogen and oxygen atoms in total. The lowest BCUT2D eigenvalue weighted by atomic mass is 10.1. The Morgan fingerprint density at radius 2 is 1.95 bits per heavy atom. The summed E-state index contributed by atoms with van der Waals surface area (Å²) in [6.45, 7) is 6.41. The van der Waals surface area contributed by atoms with Gasteiger partial charge in [0.2, 0.25) is 0 Å². The third kappa shape index (κ3) is 4.98. The van der Waals surface area contributed by atoms with E-state index in [1.807, 2.05) is 32.8 Å². The molecule has 1 aromatic heterocycles. The van der Waals surface area contributed by atoms with Gasteiger partial charge in [-0.15, -0.1) is 11.3 Å². The molecule has 0 aliphatic heterocycles. The Morgan fingerprint density at radius 3 is 2.43 bits per heavy atom. The number of hydrogen-bond donors (Lipinski definition) is 3. The minimum Gasteiger partial charge on any atom is -0.477 e. The van der Waals surface area contributed by atoms with Crippen LogP contribution in [0.4, 0.5) is 4.79 Å². The number of carbonyl (C=O) groups excluding carboxylic acids is 1. The van der Waals surface area contributed by atoms with Gasteiger partial charge in [-0.2, -0.15) is 0 Å². The molecule has 0 aromatic carbocycles. The Morgan fingerprint density at radius 1 is 1.33 bits per heavy atom. The number of aryl methyl sites for hydroxylation is 1. The number of rotatable bonds is 6. The van der Waals surface area contributed by atoms with Gasteiger partial charge in [0.25, 0.3) is 0 Å². The minimum atomic E-state index is -0.992. The SMILES string of the molecule is Cc1nc(CNC(=O)NCC(C)(C)N(C)C)sc1C(=O)O. The normalized spacial score (nSPS) is 11.5. The zero-order chi connectivity index (χ0) is 16.2. The molecule has 0 saturated heterocycles. The summed E-state index contributed by atoms with van der Waals surface area (Å²) < 4.78 is 0. The number of urea groups is 1. The van der Waals surface area contributed by atoms with Gasteiger partial charge in [-0.3, -0.25) is 0 Å². The van der Waals surface area contributed by atoms with Gasteiger partial charge in [-0.1, -0.05) is 0 Å². The van der Waals surface area contributed by atoms with Crippen molar-refractivity contribution in [1.82, 2.24) is 20.5 Å². The second kappa shape index (κ2) is 6.86. The molecule has 0 saturated carbocycles. The topological polar surface area (TPSA) is 94.6 Å². The van der Waals surface area contributed by atoms with Crippen LogP contribution in [0.2, 0.25) is 0 Å². The van der Waals surface area contributed by atoms with Crippen molar-refractivity contribution in [3.05, 3.63) is 15.6 Å². The summed E-state index contributed by atoms with van der Waals surface area (Å²) in [6, 6.07) is -0.297. The van der Waals surface area contributed by atoms with Crippen molar-refractivity contribution in [1.29, 1.82) is 0 Å². The molecule has 3 N–H and O–H groups in total. The quantitative estimate of drug-likeness (QED) is 0.735. The average molecular weight is 314 g/mol. The molecule has 118 valence electrons. The molecule has 1 heterocycles. The highest BCUT2D eigenvalue weighted by Crippen LogP contribution is 2.17. The zero-order valence-electron chi connectivity index (χ0n) is 13.0. The molecule has 0 atom stereocenters. The van der Waals surface area contributed by atoms with Crippen molar-refractivity contribution in [3.8, 4) is 0 Å². The van der Waals surface area contributed by atoms with E-state index in [0.717, 1.165) is 11.3 Å². The second-order valence-corrected chi connectivity index (χ2v) is 6.65. The third-order valence-electron chi connectivity index (χ3n) is 3.33. The monoisotopic (exact) mass is 314 g/mol. The molecule has 0 fully saturated rings. The van der Waals surface area contributed by atoms with Crippen LogP contribution in [0.25, 0.3) is 0 Å². The van der Waals surface area contributed by atoms with Crippen LogP contribution in [0.1, 0.15) is 34.2 Å². The van der Waals surface area contributed by atoms with Crippen LogP contribution in [-0.4, -0.2) is 53.2 Å². The number of carboxylic acids is 1. The number of amides is 2. The Balaban J connectivity index is 2.47. The zero-order valence-corrected chi connectivity index (χ0v) is 13.8. The maximum Gasteiger partial charge on any atom is 0.347 e. The molecule has 21 heavy (non-hydrogen) atoms. The van der Waals surface area contributed by atoms with E-state index in [9.17, 15) is 9.59 Å². The predicted molar refractivity (Wildman–Crippen MR) is 81.8 cm³/mol. The smallest absolute Gasteiger partial charge is 0.347 e. The van der Waals surface area contributed by atoms with Gasteiger partial charge in [-0.25, -0.2) is 14.6 Å². The standard InChI is InChI=1S/C13H22N4O3S/c1-8-10(11(18)19)21-9(16-8)6-14-12(20)15-7-13(2,3)17(4)5/h6-7H2,1-5H3,(H,18,19)(H2,14,15,20). The van der Waals surface area contributed by atoms with Crippen LogP contribution in [0, 0.1) is 6.92 Å². The first-order valence-electron chi connectivity index (χ1n) is 6.52. The summed E-state index contributed by atoms with van der Waals surface area (Å²) >= 11 is 1.08. The largest absolute Gasteiger partial charge is 0.477 e. The molecular formula is C13H22N4O3S. The Labute approximate surface area is 128 Å². The number of hydrogen-bond acceptors (Lipinski definition) is 5. The van der Waals surface area contributed by atoms with Crippen molar-refractivity contribution >= 4 is 23.3 Å². The number of carbonyl (C=O) groups is 2. The van der Waals surface area contributed by atoms with Crippen LogP contribution in [-0.2, 0) is 6.54 Å². The maximum atomic E-state index is 11.7. The number of nitrogens with zero attached hydrogens (tertiary/aromatic N) is 2. The van der Waals surface area contributed by atoms with E-state index in [0.29, 0.717) is 17.2 Å². The predicted octanol–water partition coefficient (Wildman–Crippen LogP) is 1.29. The van der Waals surface area contributed by atoms with Gasteiger partial charge in [0.05, 0.1) is 12.2 Å². The summed E-state index contributed by atoms with van der Waals surface area (Å²) in [6.07, 6.45) is 0. The van der Waals surface area contributed by atoms with Gasteiger partial charge in [-0.05, 0) is 34.9 Å². The van der Waals surface area contributed by atoms with Crippen molar-refractivity contribution in [2.24, 2.45) is 0 Å². The lowest BCUT2D eigenvalue weighted by Gasteiger charge is -2.32. The first-order valence-corrected chi connectivity index (χ1v) is 7.34. The lowest BCUT2D eigenvalue weighted by Crippen LogP contribution is -2.50. The van der Waals surface area contributed by atoms with E-state index in [1.165, 1.54) is 0 Å². The molecule has 0 aliphatic rings. The van der Waals surface area contributed by atoms with Crippen molar-refractivity contribution in [2.45, 2.75) is 32.9 Å². The fourth-order valence-corrected chi connectivity index (χ4v) is 2.24. The molecule has 0 spiro atoms. The summed E-state index contributed by atoms with van der Waals surface area (Å²) in [7, 11) is 3.90. The Bertz CT molecular complexity index is 525. The highest BCUT2D eigenvalue weighted by Gasteiger charge is 2.21. The number of aromatic carboxylic acids is 1. The summed E-state index contributed by atoms with van der Waals surface area (Å²) in [5.74, 6) is -0.992. The average Bonchev–Trinajstić information content (AvgIpc) is 2.75. The van der Waals surface area contributed by atoms with Crippen LogP contribution in [0.5, 0.6) is 0 Å². The van der Waals surface area contributed by atoms with Gasteiger partial charge < -0.3 is 20.6 Å². The summed E-state index contributed by atoms with van der Waals surface area (Å²) in [4.78, 5) is 29.0. The number of likely N-dealkylation sites (N-methyl/N-ethyl adjacent to an activating group) is 1. The molecular weight excluding hydrogens is 292 g/mol. The molecule has 0 bridgehead atoms. The van der Waals surface area contributed by atoms with Gasteiger partial charge in [0.15, 0.2) is 0 Å². The number of nitrogens with one attached hydrogen (secondary N) is 2. The van der Waals surface area contributed by atoms with Crippen LogP contribution < -0.4 is 10.6 Å². The van der Waals surface area contributed by atoms with Crippen molar-refractivity contribution in [2.75, 3.05) is 20.6 Å². The number of aromatic nitrogens is 1. The van der Waals surface area contributed by atoms with E-state index in [4.69, 9.17) is 5.11 Å². The van der Waals surface area contributed by atoms with E-state index in [1.54, 1.807) is 6.92 Å². The van der Waals surface area contributed by atoms with Gasteiger partial charge in [0.1, 0.15) is 9.88 Å². The van der Waals surface area contributed by atoms with E-state index < -0.39 is 5.97 Å². The van der Waals surface area contributed by atoms with Crippen LogP contribution in [0.15, 0.2) is 0 Å². The fourth-order valence-electron chi connectivity index (χ4n) is 1.40. The minimum absolute atomic E-state index is 0.147. The van der Waals surface area contributed by atoms with Gasteiger partial charge >= 0.3 is 12.0 Å². The van der Waals surface area contributed by atoms with Crippen molar-refractivity contribution < 1.29 is 14.7 Å².